The van der Waals surface area contributed by atoms with Crippen molar-refractivity contribution in [3.63, 3.8) is 0 Å². The predicted octanol–water partition coefficient (Wildman–Crippen LogP) is 3.44. The van der Waals surface area contributed by atoms with Gasteiger partial charge in [0.25, 0.3) is 0 Å². The van der Waals surface area contributed by atoms with E-state index in [0.717, 1.165) is 18.0 Å². The molecule has 1 saturated carbocycles. The molecule has 2 rings (SSSR count). The molecule has 1 aromatic heterocycles. The first-order valence-electron chi connectivity index (χ1n) is 8.57. The van der Waals surface area contributed by atoms with E-state index < -0.39 is 11.7 Å². The van der Waals surface area contributed by atoms with Crippen LogP contribution in [0.4, 0.5) is 10.6 Å². The van der Waals surface area contributed by atoms with Crippen molar-refractivity contribution in [1.29, 1.82) is 0 Å². The number of aromatic nitrogens is 2. The summed E-state index contributed by atoms with van der Waals surface area (Å²) in [7, 11) is 1.82. The van der Waals surface area contributed by atoms with Crippen LogP contribution in [0.15, 0.2) is 6.20 Å². The number of carbonyl (C=O) groups is 1. The number of ether oxygens (including phenoxy) is 1. The average Bonchev–Trinajstić information content (AvgIpc) is 2.79. The van der Waals surface area contributed by atoms with E-state index in [0.29, 0.717) is 12.4 Å². The van der Waals surface area contributed by atoms with Crippen molar-refractivity contribution in [2.75, 3.05) is 11.9 Å². The summed E-state index contributed by atoms with van der Waals surface area (Å²) in [5.41, 5.74) is 0.469. The maximum Gasteiger partial charge on any atom is 0.413 e. The van der Waals surface area contributed by atoms with Gasteiger partial charge in [0.15, 0.2) is 0 Å². The molecular formula is C17H30N4O2. The van der Waals surface area contributed by atoms with Gasteiger partial charge in [0.1, 0.15) is 11.4 Å². The second kappa shape index (κ2) is 7.81. The lowest BCUT2D eigenvalue weighted by Crippen LogP contribution is -2.29. The molecule has 0 unspecified atom stereocenters. The number of amides is 1. The van der Waals surface area contributed by atoms with Crippen molar-refractivity contribution in [1.82, 2.24) is 15.1 Å². The van der Waals surface area contributed by atoms with Crippen molar-refractivity contribution in [3.05, 3.63) is 11.8 Å². The molecule has 6 nitrogen and oxygen atoms in total. The predicted molar refractivity (Wildman–Crippen MR) is 91.3 cm³/mol. The fourth-order valence-corrected chi connectivity index (χ4v) is 2.98. The maximum atomic E-state index is 12.0. The van der Waals surface area contributed by atoms with Gasteiger partial charge in [-0.25, -0.2) is 4.79 Å². The highest BCUT2D eigenvalue weighted by Gasteiger charge is 2.19. The molecule has 0 aliphatic heterocycles. The Morgan fingerprint density at radius 2 is 2.04 bits per heavy atom. The molecular weight excluding hydrogens is 292 g/mol. The second-order valence-corrected chi connectivity index (χ2v) is 7.40. The standard InChI is InChI=1S/C17H30N4O2/c1-17(2,3)23-16(22)20-15-14(12-19-21(15)4)11-18-10-13-8-6-5-7-9-13/h12-13,18H,5-11H2,1-4H3,(H,20,22). The lowest BCUT2D eigenvalue weighted by atomic mass is 9.89. The van der Waals surface area contributed by atoms with Crippen molar-refractivity contribution in [2.24, 2.45) is 13.0 Å². The van der Waals surface area contributed by atoms with Crippen molar-refractivity contribution in [3.8, 4) is 0 Å². The van der Waals surface area contributed by atoms with Crippen LogP contribution in [0.1, 0.15) is 58.4 Å². The molecule has 1 fully saturated rings. The Bertz CT molecular complexity index is 513. The number of rotatable bonds is 5. The summed E-state index contributed by atoms with van der Waals surface area (Å²) < 4.78 is 6.98. The number of anilines is 1. The van der Waals surface area contributed by atoms with Gasteiger partial charge in [-0.2, -0.15) is 5.10 Å². The van der Waals surface area contributed by atoms with Gasteiger partial charge in [0.05, 0.1) is 6.20 Å². The van der Waals surface area contributed by atoms with E-state index in [2.05, 4.69) is 15.7 Å². The summed E-state index contributed by atoms with van der Waals surface area (Å²) >= 11 is 0. The van der Waals surface area contributed by atoms with Gasteiger partial charge in [-0.15, -0.1) is 0 Å². The number of hydrogen-bond acceptors (Lipinski definition) is 4. The lowest BCUT2D eigenvalue weighted by Gasteiger charge is -2.22. The van der Waals surface area contributed by atoms with Gasteiger partial charge in [-0.3, -0.25) is 10.00 Å². The van der Waals surface area contributed by atoms with E-state index in [1.54, 1.807) is 10.9 Å². The van der Waals surface area contributed by atoms with Crippen LogP contribution in [0.2, 0.25) is 0 Å². The zero-order valence-corrected chi connectivity index (χ0v) is 14.8. The SMILES string of the molecule is Cn1ncc(CNCC2CCCCC2)c1NC(=O)OC(C)(C)C. The van der Waals surface area contributed by atoms with Crippen LogP contribution >= 0.6 is 0 Å². The number of aryl methyl sites for hydroxylation is 1. The Labute approximate surface area is 139 Å². The Kier molecular flexibility index (Phi) is 6.04. The van der Waals surface area contributed by atoms with E-state index in [4.69, 9.17) is 4.74 Å². The fourth-order valence-electron chi connectivity index (χ4n) is 2.98. The molecule has 0 bridgehead atoms. The Hall–Kier alpha value is -1.56. The molecule has 130 valence electrons. The summed E-state index contributed by atoms with van der Waals surface area (Å²) in [4.78, 5) is 12.0. The summed E-state index contributed by atoms with van der Waals surface area (Å²) in [6, 6.07) is 0. The third-order valence-corrected chi connectivity index (χ3v) is 4.11. The zero-order chi connectivity index (χ0) is 16.9. The summed E-state index contributed by atoms with van der Waals surface area (Å²) in [6.07, 6.45) is 8.07. The molecule has 1 aliphatic rings. The van der Waals surface area contributed by atoms with Gasteiger partial charge in [-0.05, 0) is 46.1 Å². The van der Waals surface area contributed by atoms with Crippen molar-refractivity contribution in [2.45, 2.75) is 65.0 Å². The molecule has 1 aliphatic carbocycles. The minimum atomic E-state index is -0.512. The lowest BCUT2D eigenvalue weighted by molar-refractivity contribution is 0.0634. The van der Waals surface area contributed by atoms with Crippen LogP contribution in [0.5, 0.6) is 0 Å². The minimum Gasteiger partial charge on any atom is -0.444 e. The van der Waals surface area contributed by atoms with Gasteiger partial charge in [-0.1, -0.05) is 19.3 Å². The number of carbonyl (C=O) groups excluding carboxylic acids is 1. The van der Waals surface area contributed by atoms with E-state index in [1.165, 1.54) is 32.1 Å². The van der Waals surface area contributed by atoms with Gasteiger partial charge in [0, 0.05) is 19.2 Å². The quantitative estimate of drug-likeness (QED) is 0.871. The topological polar surface area (TPSA) is 68.2 Å². The average molecular weight is 322 g/mol. The van der Waals surface area contributed by atoms with Crippen LogP contribution in [0.25, 0.3) is 0 Å². The third kappa shape index (κ3) is 5.86. The Morgan fingerprint density at radius 3 is 2.70 bits per heavy atom. The summed E-state index contributed by atoms with van der Waals surface area (Å²) in [6.45, 7) is 7.28. The maximum absolute atomic E-state index is 12.0. The molecule has 23 heavy (non-hydrogen) atoms. The molecule has 6 heteroatoms. The highest BCUT2D eigenvalue weighted by molar-refractivity contribution is 5.84. The molecule has 0 radical (unpaired) electrons. The fraction of sp³-hybridized carbons (Fsp3) is 0.765. The highest BCUT2D eigenvalue weighted by Crippen LogP contribution is 2.23. The van der Waals surface area contributed by atoms with E-state index in [-0.39, 0.29) is 0 Å². The molecule has 0 saturated heterocycles. The molecule has 0 aromatic carbocycles. The third-order valence-electron chi connectivity index (χ3n) is 4.11. The number of nitrogens with zero attached hydrogens (tertiary/aromatic N) is 2. The highest BCUT2D eigenvalue weighted by atomic mass is 16.6. The minimum absolute atomic E-state index is 0.449. The Balaban J connectivity index is 1.86. The van der Waals surface area contributed by atoms with Crippen LogP contribution in [0.3, 0.4) is 0 Å². The monoisotopic (exact) mass is 322 g/mol. The van der Waals surface area contributed by atoms with Crippen LogP contribution in [-0.4, -0.2) is 28.0 Å². The first-order chi connectivity index (χ1) is 10.8. The zero-order valence-electron chi connectivity index (χ0n) is 14.8. The molecule has 1 aromatic rings. The Morgan fingerprint density at radius 1 is 1.35 bits per heavy atom. The van der Waals surface area contributed by atoms with Crippen molar-refractivity contribution < 1.29 is 9.53 Å². The molecule has 0 atom stereocenters. The van der Waals surface area contributed by atoms with Crippen molar-refractivity contribution >= 4 is 11.9 Å². The molecule has 2 N–H and O–H groups in total. The number of hydrogen-bond donors (Lipinski definition) is 2. The van der Waals surface area contributed by atoms with Crippen LogP contribution in [0, 0.1) is 5.92 Å². The molecule has 0 spiro atoms. The van der Waals surface area contributed by atoms with Gasteiger partial charge < -0.3 is 10.1 Å². The second-order valence-electron chi connectivity index (χ2n) is 7.40. The normalized spacial score (nSPS) is 16.3. The van der Waals surface area contributed by atoms with E-state index in [9.17, 15) is 4.79 Å². The summed E-state index contributed by atoms with van der Waals surface area (Å²) in [5, 5.41) is 10.5. The largest absolute Gasteiger partial charge is 0.444 e. The van der Waals surface area contributed by atoms with Gasteiger partial charge in [0.2, 0.25) is 0 Å². The first-order valence-corrected chi connectivity index (χ1v) is 8.57. The number of nitrogens with one attached hydrogen (secondary N) is 2. The smallest absolute Gasteiger partial charge is 0.413 e. The molecule has 1 amide bonds. The van der Waals surface area contributed by atoms with Crippen LogP contribution < -0.4 is 10.6 Å². The van der Waals surface area contributed by atoms with E-state index >= 15 is 0 Å². The van der Waals surface area contributed by atoms with Gasteiger partial charge >= 0.3 is 6.09 Å². The molecule has 1 heterocycles. The first kappa shape index (κ1) is 17.8. The van der Waals surface area contributed by atoms with E-state index in [1.807, 2.05) is 27.8 Å². The summed E-state index contributed by atoms with van der Waals surface area (Å²) in [5.74, 6) is 1.47. The van der Waals surface area contributed by atoms with Crippen LogP contribution in [-0.2, 0) is 18.3 Å².